The smallest absolute Gasteiger partial charge is 0.234 e. The zero-order valence-corrected chi connectivity index (χ0v) is 12.3. The van der Waals surface area contributed by atoms with Gasteiger partial charge in [-0.1, -0.05) is 47.8 Å². The van der Waals surface area contributed by atoms with Gasteiger partial charge in [0, 0.05) is 12.3 Å². The fourth-order valence-electron chi connectivity index (χ4n) is 2.86. The van der Waals surface area contributed by atoms with Crippen molar-refractivity contribution in [2.45, 2.75) is 45.4 Å². The summed E-state index contributed by atoms with van der Waals surface area (Å²) in [4.78, 5) is 16.4. The van der Waals surface area contributed by atoms with Crippen LogP contribution in [0.5, 0.6) is 0 Å². The maximum absolute atomic E-state index is 12.1. The first kappa shape index (κ1) is 14.0. The normalized spacial score (nSPS) is 15.5. The molecule has 0 amide bonds. The van der Waals surface area contributed by atoms with Crippen molar-refractivity contribution in [1.82, 2.24) is 10.1 Å². The summed E-state index contributed by atoms with van der Waals surface area (Å²) in [5.41, 5.74) is 2.38. The number of rotatable bonds is 5. The molecule has 0 unspecified atom stereocenters. The molecule has 2 aromatic rings. The number of ketones is 1. The highest BCUT2D eigenvalue weighted by Gasteiger charge is 2.24. The second kappa shape index (κ2) is 6.20. The molecule has 1 saturated carbocycles. The molecule has 0 atom stereocenters. The summed E-state index contributed by atoms with van der Waals surface area (Å²) >= 11 is 0. The Labute approximate surface area is 124 Å². The van der Waals surface area contributed by atoms with Gasteiger partial charge in [-0.25, -0.2) is 0 Å². The fourth-order valence-corrected chi connectivity index (χ4v) is 2.86. The highest BCUT2D eigenvalue weighted by atomic mass is 16.5. The number of carbonyl (C=O) groups excluding carboxylic acids is 1. The molecule has 1 aliphatic rings. The van der Waals surface area contributed by atoms with Crippen LogP contribution in [-0.4, -0.2) is 15.9 Å². The van der Waals surface area contributed by atoms with E-state index in [1.807, 2.05) is 0 Å². The third-order valence-electron chi connectivity index (χ3n) is 4.13. The van der Waals surface area contributed by atoms with Crippen LogP contribution in [0.1, 0.15) is 48.5 Å². The quantitative estimate of drug-likeness (QED) is 0.845. The second-order valence-corrected chi connectivity index (χ2v) is 5.89. The molecular weight excluding hydrogens is 264 g/mol. The number of aryl methyl sites for hydroxylation is 1. The van der Waals surface area contributed by atoms with Crippen LogP contribution in [0.4, 0.5) is 0 Å². The maximum Gasteiger partial charge on any atom is 0.234 e. The van der Waals surface area contributed by atoms with Gasteiger partial charge in [-0.15, -0.1) is 0 Å². The van der Waals surface area contributed by atoms with E-state index in [0.717, 1.165) is 18.4 Å². The van der Waals surface area contributed by atoms with Crippen LogP contribution in [0.25, 0.3) is 0 Å². The highest BCUT2D eigenvalue weighted by Crippen LogP contribution is 2.26. The molecule has 1 heterocycles. The summed E-state index contributed by atoms with van der Waals surface area (Å²) < 4.78 is 5.21. The van der Waals surface area contributed by atoms with Gasteiger partial charge >= 0.3 is 0 Å². The SMILES string of the molecule is Cc1ccc(Cc2noc(CC(=O)C3CCCC3)n2)cc1. The number of carbonyl (C=O) groups is 1. The van der Waals surface area contributed by atoms with Crippen LogP contribution in [0.2, 0.25) is 0 Å². The monoisotopic (exact) mass is 284 g/mol. The van der Waals surface area contributed by atoms with Crippen molar-refractivity contribution in [3.05, 3.63) is 47.1 Å². The molecule has 110 valence electrons. The Hall–Kier alpha value is -1.97. The molecule has 1 aromatic heterocycles. The molecule has 1 aromatic carbocycles. The lowest BCUT2D eigenvalue weighted by Crippen LogP contribution is -2.13. The van der Waals surface area contributed by atoms with Gasteiger partial charge in [0.2, 0.25) is 5.89 Å². The summed E-state index contributed by atoms with van der Waals surface area (Å²) in [5.74, 6) is 1.55. The summed E-state index contributed by atoms with van der Waals surface area (Å²) in [6.07, 6.45) is 5.29. The van der Waals surface area contributed by atoms with Crippen molar-refractivity contribution in [2.75, 3.05) is 0 Å². The molecule has 4 heteroatoms. The number of aromatic nitrogens is 2. The lowest BCUT2D eigenvalue weighted by Gasteiger charge is -2.04. The number of Topliss-reactive ketones (excluding diaryl/α,β-unsaturated/α-hetero) is 1. The van der Waals surface area contributed by atoms with Gasteiger partial charge in [-0.2, -0.15) is 4.98 Å². The minimum Gasteiger partial charge on any atom is -0.339 e. The molecule has 0 saturated heterocycles. The second-order valence-electron chi connectivity index (χ2n) is 5.89. The Morgan fingerprint density at radius 3 is 2.67 bits per heavy atom. The third kappa shape index (κ3) is 3.57. The Kier molecular flexibility index (Phi) is 4.13. The van der Waals surface area contributed by atoms with Crippen LogP contribution in [0.15, 0.2) is 28.8 Å². The van der Waals surface area contributed by atoms with E-state index < -0.39 is 0 Å². The first-order valence-corrected chi connectivity index (χ1v) is 7.60. The van der Waals surface area contributed by atoms with Gasteiger partial charge in [-0.3, -0.25) is 4.79 Å². The predicted molar refractivity (Wildman–Crippen MR) is 79.0 cm³/mol. The summed E-state index contributed by atoms with van der Waals surface area (Å²) in [6, 6.07) is 8.27. The highest BCUT2D eigenvalue weighted by molar-refractivity contribution is 5.82. The van der Waals surface area contributed by atoms with Crippen LogP contribution in [0.3, 0.4) is 0 Å². The zero-order valence-electron chi connectivity index (χ0n) is 12.3. The lowest BCUT2D eigenvalue weighted by molar-refractivity contribution is -0.122. The third-order valence-corrected chi connectivity index (χ3v) is 4.13. The van der Waals surface area contributed by atoms with Crippen molar-refractivity contribution in [3.63, 3.8) is 0 Å². The molecule has 0 aliphatic heterocycles. The Morgan fingerprint density at radius 2 is 1.95 bits per heavy atom. The number of benzene rings is 1. The summed E-state index contributed by atoms with van der Waals surface area (Å²) in [7, 11) is 0. The van der Waals surface area contributed by atoms with E-state index in [1.54, 1.807) is 0 Å². The van der Waals surface area contributed by atoms with Crippen LogP contribution >= 0.6 is 0 Å². The minimum absolute atomic E-state index is 0.206. The first-order chi connectivity index (χ1) is 10.2. The molecule has 4 nitrogen and oxygen atoms in total. The van der Waals surface area contributed by atoms with Crippen LogP contribution in [-0.2, 0) is 17.6 Å². The maximum atomic E-state index is 12.1. The van der Waals surface area contributed by atoms with Gasteiger partial charge < -0.3 is 4.52 Å². The van der Waals surface area contributed by atoms with E-state index in [9.17, 15) is 4.79 Å². The topological polar surface area (TPSA) is 56.0 Å². The van der Waals surface area contributed by atoms with Gasteiger partial charge in [0.1, 0.15) is 5.78 Å². The van der Waals surface area contributed by atoms with Crippen molar-refractivity contribution >= 4 is 5.78 Å². The van der Waals surface area contributed by atoms with Gasteiger partial charge in [0.15, 0.2) is 5.82 Å². The average molecular weight is 284 g/mol. The molecule has 0 radical (unpaired) electrons. The van der Waals surface area contributed by atoms with Crippen LogP contribution in [0, 0.1) is 12.8 Å². The van der Waals surface area contributed by atoms with Gasteiger partial charge in [0.25, 0.3) is 0 Å². The van der Waals surface area contributed by atoms with E-state index in [-0.39, 0.29) is 18.1 Å². The van der Waals surface area contributed by atoms with Crippen molar-refractivity contribution in [3.8, 4) is 0 Å². The molecule has 1 aliphatic carbocycles. The Balaban J connectivity index is 1.60. The lowest BCUT2D eigenvalue weighted by atomic mass is 10.0. The van der Waals surface area contributed by atoms with Crippen LogP contribution < -0.4 is 0 Å². The average Bonchev–Trinajstić information content (AvgIpc) is 3.13. The van der Waals surface area contributed by atoms with E-state index in [2.05, 4.69) is 41.3 Å². The molecular formula is C17H20N2O2. The Morgan fingerprint density at radius 1 is 1.24 bits per heavy atom. The minimum atomic E-state index is 0.206. The Bertz CT molecular complexity index is 610. The van der Waals surface area contributed by atoms with E-state index in [1.165, 1.54) is 18.4 Å². The number of hydrogen-bond donors (Lipinski definition) is 0. The molecule has 0 spiro atoms. The molecule has 0 N–H and O–H groups in total. The number of nitrogens with zero attached hydrogens (tertiary/aromatic N) is 2. The number of hydrogen-bond acceptors (Lipinski definition) is 4. The van der Waals surface area contributed by atoms with E-state index in [4.69, 9.17) is 4.52 Å². The summed E-state index contributed by atoms with van der Waals surface area (Å²) in [5, 5.41) is 3.98. The predicted octanol–water partition coefficient (Wildman–Crippen LogP) is 3.27. The standard InChI is InChI=1S/C17H20N2O2/c1-12-6-8-13(9-7-12)10-16-18-17(21-19-16)11-15(20)14-4-2-3-5-14/h6-9,14H,2-5,10-11H2,1H3. The van der Waals surface area contributed by atoms with E-state index in [0.29, 0.717) is 18.1 Å². The van der Waals surface area contributed by atoms with Crippen molar-refractivity contribution in [1.29, 1.82) is 0 Å². The first-order valence-electron chi connectivity index (χ1n) is 7.60. The molecule has 1 fully saturated rings. The molecule has 3 rings (SSSR count). The van der Waals surface area contributed by atoms with E-state index >= 15 is 0 Å². The fraction of sp³-hybridized carbons (Fsp3) is 0.471. The molecule has 0 bridgehead atoms. The van der Waals surface area contributed by atoms with Crippen molar-refractivity contribution < 1.29 is 9.32 Å². The zero-order chi connectivity index (χ0) is 14.7. The largest absolute Gasteiger partial charge is 0.339 e. The summed E-state index contributed by atoms with van der Waals surface area (Å²) in [6.45, 7) is 2.06. The van der Waals surface area contributed by atoms with Gasteiger partial charge in [-0.05, 0) is 25.3 Å². The molecule has 21 heavy (non-hydrogen) atoms. The van der Waals surface area contributed by atoms with Crippen molar-refractivity contribution in [2.24, 2.45) is 5.92 Å². The van der Waals surface area contributed by atoms with Gasteiger partial charge in [0.05, 0.1) is 6.42 Å².